The molecule has 0 amide bonds. The molecule has 3 aromatic heterocycles. The lowest BCUT2D eigenvalue weighted by atomic mass is 9.94. The molecule has 0 saturated heterocycles. The van der Waals surface area contributed by atoms with Crippen molar-refractivity contribution in [3.63, 3.8) is 0 Å². The molecule has 0 N–H and O–H groups in total. The lowest BCUT2D eigenvalue weighted by Crippen LogP contribution is -1.99. The first kappa shape index (κ1) is 32.7. The van der Waals surface area contributed by atoms with E-state index in [1.54, 1.807) is 0 Å². The van der Waals surface area contributed by atoms with Crippen LogP contribution in [0.25, 0.3) is 110 Å². The average molecular weight is 768 g/mol. The smallest absolute Gasteiger partial charge is 0.138 e. The molecule has 4 heterocycles. The van der Waals surface area contributed by atoms with E-state index in [-0.39, 0.29) is 0 Å². The van der Waals surface area contributed by atoms with Gasteiger partial charge in [0.15, 0.2) is 0 Å². The molecule has 3 nitrogen and oxygen atoms in total. The summed E-state index contributed by atoms with van der Waals surface area (Å²) in [5.74, 6) is 0.912. The summed E-state index contributed by atoms with van der Waals surface area (Å²) in [6, 6.07) is 73.0. The number of hydrogen-bond donors (Lipinski definition) is 0. The van der Waals surface area contributed by atoms with Gasteiger partial charge in [0.25, 0.3) is 0 Å². The summed E-state index contributed by atoms with van der Waals surface area (Å²) in [5, 5.41) is 8.77. The summed E-state index contributed by atoms with van der Waals surface area (Å²) < 4.78 is 4.81. The van der Waals surface area contributed by atoms with Gasteiger partial charge in [-0.3, -0.25) is 4.57 Å². The second kappa shape index (κ2) is 12.5. The van der Waals surface area contributed by atoms with E-state index in [2.05, 4.69) is 209 Å². The van der Waals surface area contributed by atoms with Gasteiger partial charge in [0, 0.05) is 47.8 Å². The number of aromatic nitrogens is 3. The molecule has 4 heteroatoms. The van der Waals surface area contributed by atoms with E-state index in [0.717, 1.165) is 33.4 Å². The Balaban J connectivity index is 1.04. The zero-order valence-corrected chi connectivity index (χ0v) is 32.6. The summed E-state index contributed by atoms with van der Waals surface area (Å²) >= 11 is 1.89. The number of fused-ring (bicyclic) bond motifs is 10. The van der Waals surface area contributed by atoms with Crippen LogP contribution in [0.2, 0.25) is 0 Å². The van der Waals surface area contributed by atoms with Crippen LogP contribution in [0.4, 0.5) is 0 Å². The second-order valence-electron chi connectivity index (χ2n) is 15.5. The van der Waals surface area contributed by atoms with Crippen LogP contribution >= 0.6 is 11.8 Å². The third-order valence-corrected chi connectivity index (χ3v) is 13.4. The van der Waals surface area contributed by atoms with Gasteiger partial charge in [0.05, 0.1) is 27.6 Å². The van der Waals surface area contributed by atoms with E-state index < -0.39 is 0 Å². The van der Waals surface area contributed by atoms with Crippen LogP contribution in [0.5, 0.6) is 0 Å². The summed E-state index contributed by atoms with van der Waals surface area (Å²) in [7, 11) is 0. The number of rotatable bonds is 4. The number of hydrogen-bond acceptors (Lipinski definition) is 2. The molecule has 59 heavy (non-hydrogen) atoms. The van der Waals surface area contributed by atoms with Crippen molar-refractivity contribution in [2.75, 3.05) is 0 Å². The molecule has 9 aromatic carbocycles. The largest absolute Gasteiger partial charge is 0.309 e. The Morgan fingerprint density at radius 1 is 0.339 bits per heavy atom. The van der Waals surface area contributed by atoms with Gasteiger partial charge in [0.1, 0.15) is 5.82 Å². The molecule has 274 valence electrons. The van der Waals surface area contributed by atoms with E-state index in [9.17, 15) is 0 Å². The molecule has 0 aliphatic carbocycles. The van der Waals surface area contributed by atoms with Crippen LogP contribution < -0.4 is 0 Å². The molecule has 12 aromatic rings. The van der Waals surface area contributed by atoms with E-state index in [1.807, 2.05) is 11.8 Å². The maximum atomic E-state index is 5.29. The molecule has 0 saturated carbocycles. The molecule has 1 aliphatic rings. The van der Waals surface area contributed by atoms with Crippen molar-refractivity contribution in [2.45, 2.75) is 9.79 Å². The Kier molecular flexibility index (Phi) is 6.95. The van der Waals surface area contributed by atoms with Crippen LogP contribution in [-0.2, 0) is 0 Å². The minimum Gasteiger partial charge on any atom is -0.309 e. The van der Waals surface area contributed by atoms with Crippen molar-refractivity contribution in [2.24, 2.45) is 0 Å². The van der Waals surface area contributed by atoms with Crippen molar-refractivity contribution in [3.8, 4) is 44.9 Å². The van der Waals surface area contributed by atoms with E-state index in [1.165, 1.54) is 86.5 Å². The van der Waals surface area contributed by atoms with Crippen LogP contribution in [0.15, 0.2) is 210 Å². The van der Waals surface area contributed by atoms with Gasteiger partial charge in [-0.25, -0.2) is 4.98 Å². The molecule has 1 aliphatic heterocycles. The number of nitrogens with zero attached hydrogens (tertiary/aromatic N) is 3. The molecule has 0 fully saturated rings. The highest BCUT2D eigenvalue weighted by Gasteiger charge is 2.24. The molecule has 0 atom stereocenters. The normalized spacial score (nSPS) is 12.3. The van der Waals surface area contributed by atoms with Gasteiger partial charge in [-0.2, -0.15) is 0 Å². The summed E-state index contributed by atoms with van der Waals surface area (Å²) in [4.78, 5) is 7.90. The highest BCUT2D eigenvalue weighted by atomic mass is 32.2. The average Bonchev–Trinajstić information content (AvgIpc) is 3.81. The third kappa shape index (κ3) is 4.81. The van der Waals surface area contributed by atoms with Crippen molar-refractivity contribution < 1.29 is 0 Å². The quantitative estimate of drug-likeness (QED) is 0.178. The summed E-state index contributed by atoms with van der Waals surface area (Å²) in [6.45, 7) is 0. The maximum absolute atomic E-state index is 5.29. The Morgan fingerprint density at radius 3 is 1.93 bits per heavy atom. The van der Waals surface area contributed by atoms with Gasteiger partial charge < -0.3 is 4.57 Å². The van der Waals surface area contributed by atoms with Gasteiger partial charge in [0.2, 0.25) is 0 Å². The monoisotopic (exact) mass is 767 g/mol. The molecule has 0 bridgehead atoms. The fraction of sp³-hybridized carbons (Fsp3) is 0. The van der Waals surface area contributed by atoms with E-state index in [0.29, 0.717) is 0 Å². The Bertz CT molecular complexity index is 3690. The zero-order chi connectivity index (χ0) is 38.6. The highest BCUT2D eigenvalue weighted by molar-refractivity contribution is 7.99. The van der Waals surface area contributed by atoms with Crippen LogP contribution in [0, 0.1) is 0 Å². The van der Waals surface area contributed by atoms with E-state index >= 15 is 0 Å². The Labute approximate surface area is 344 Å². The van der Waals surface area contributed by atoms with Crippen molar-refractivity contribution in [1.29, 1.82) is 0 Å². The topological polar surface area (TPSA) is 22.8 Å². The zero-order valence-electron chi connectivity index (χ0n) is 31.8. The van der Waals surface area contributed by atoms with Crippen LogP contribution in [0.1, 0.15) is 0 Å². The minimum absolute atomic E-state index is 0.912. The standard InChI is InChI=1S/C55H33N3S/c1-3-14-34(15-4-1)44-32-53(56-46-23-10-7-18-38(44)46)58-47-24-11-8-19-39(47)45-30-35(27-29-48(45)58)36-26-28-42-49(31-36)57(37-16-5-2-6-17-37)50-33-52-55-41(21-13-22-43(55)54(42)50)40-20-9-12-25-51(40)59-52/h1-33H. The number of benzene rings is 9. The summed E-state index contributed by atoms with van der Waals surface area (Å²) in [6.07, 6.45) is 0. The van der Waals surface area contributed by atoms with Gasteiger partial charge in [-0.15, -0.1) is 0 Å². The highest BCUT2D eigenvalue weighted by Crippen LogP contribution is 2.51. The molecule has 0 spiro atoms. The first-order valence-electron chi connectivity index (χ1n) is 20.1. The third-order valence-electron chi connectivity index (χ3n) is 12.3. The van der Waals surface area contributed by atoms with Gasteiger partial charge in [-0.05, 0) is 99.4 Å². The predicted octanol–water partition coefficient (Wildman–Crippen LogP) is 15.0. The van der Waals surface area contributed by atoms with Crippen molar-refractivity contribution in [1.82, 2.24) is 14.1 Å². The molecule has 0 radical (unpaired) electrons. The summed E-state index contributed by atoms with van der Waals surface area (Å²) in [5.41, 5.74) is 14.2. The lowest BCUT2D eigenvalue weighted by Gasteiger charge is -2.21. The molecule has 0 unspecified atom stereocenters. The first-order chi connectivity index (χ1) is 29.3. The van der Waals surface area contributed by atoms with Crippen molar-refractivity contribution >= 4 is 77.0 Å². The Hall–Kier alpha value is -7.40. The van der Waals surface area contributed by atoms with Crippen LogP contribution in [0.3, 0.4) is 0 Å². The SMILES string of the molecule is c1ccc(-c2cc(-n3c4ccccc4c4cc(-c5ccc6c7c8cccc9c8c(cc7n(-c7ccccc7)c6c5)Sc5ccccc5-9)ccc43)nc3ccccc23)cc1. The molecular weight excluding hydrogens is 735 g/mol. The fourth-order valence-corrected chi connectivity index (χ4v) is 10.9. The molecule has 13 rings (SSSR count). The van der Waals surface area contributed by atoms with E-state index in [4.69, 9.17) is 4.98 Å². The minimum atomic E-state index is 0.912. The lowest BCUT2D eigenvalue weighted by molar-refractivity contribution is 1.10. The maximum Gasteiger partial charge on any atom is 0.138 e. The van der Waals surface area contributed by atoms with Crippen molar-refractivity contribution in [3.05, 3.63) is 200 Å². The second-order valence-corrected chi connectivity index (χ2v) is 16.6. The Morgan fingerprint density at radius 2 is 1.03 bits per heavy atom. The molecular formula is C55H33N3S. The fourth-order valence-electron chi connectivity index (χ4n) is 9.72. The van der Waals surface area contributed by atoms with Crippen LogP contribution in [-0.4, -0.2) is 14.1 Å². The first-order valence-corrected chi connectivity index (χ1v) is 20.9. The number of pyridine rings is 1. The van der Waals surface area contributed by atoms with Gasteiger partial charge >= 0.3 is 0 Å². The van der Waals surface area contributed by atoms with Gasteiger partial charge in [-0.1, -0.05) is 151 Å². The number of para-hydroxylation sites is 3. The predicted molar refractivity (Wildman–Crippen MR) is 248 cm³/mol.